The molecule has 3 N–H and O–H groups in total. The van der Waals surface area contributed by atoms with Crippen LogP contribution in [0.5, 0.6) is 0 Å². The van der Waals surface area contributed by atoms with E-state index >= 15 is 0 Å². The minimum Gasteiger partial charge on any atom is -0.385 e. The molecule has 3 nitrogen and oxygen atoms in total. The van der Waals surface area contributed by atoms with E-state index in [4.69, 9.17) is 5.73 Å². The summed E-state index contributed by atoms with van der Waals surface area (Å²) in [5.74, 6) is 0. The molecule has 4 heteroatoms. The first-order valence-corrected chi connectivity index (χ1v) is 4.99. The Kier molecular flexibility index (Phi) is 2.12. The smallest absolute Gasteiger partial charge is 0.123 e. The van der Waals surface area contributed by atoms with E-state index in [9.17, 15) is 5.11 Å². The molecule has 0 bridgehead atoms. The van der Waals surface area contributed by atoms with Gasteiger partial charge in [-0.05, 0) is 19.3 Å². The van der Waals surface area contributed by atoms with Crippen molar-refractivity contribution < 1.29 is 5.11 Å². The fourth-order valence-electron chi connectivity index (χ4n) is 1.45. The third-order valence-corrected chi connectivity index (χ3v) is 3.38. The van der Waals surface area contributed by atoms with Gasteiger partial charge in [0, 0.05) is 11.4 Å². The summed E-state index contributed by atoms with van der Waals surface area (Å²) in [6.45, 7) is 0.270. The maximum atomic E-state index is 9.41. The van der Waals surface area contributed by atoms with Gasteiger partial charge in [-0.15, -0.1) is 11.3 Å². The zero-order valence-corrected chi connectivity index (χ0v) is 7.60. The minimum absolute atomic E-state index is 0.270. The molecule has 1 heterocycles. The average molecular weight is 184 g/mol. The highest BCUT2D eigenvalue weighted by Gasteiger charge is 2.19. The Bertz CT molecular complexity index is 263. The molecule has 0 fully saturated rings. The van der Waals surface area contributed by atoms with Crippen molar-refractivity contribution in [1.29, 1.82) is 0 Å². The van der Waals surface area contributed by atoms with Crippen LogP contribution in [0.25, 0.3) is 0 Å². The molecule has 66 valence electrons. The van der Waals surface area contributed by atoms with Crippen LogP contribution in [0.15, 0.2) is 0 Å². The van der Waals surface area contributed by atoms with Gasteiger partial charge in [0.2, 0.25) is 0 Å². The summed E-state index contributed by atoms with van der Waals surface area (Å²) in [6, 6.07) is 0. The summed E-state index contributed by atoms with van der Waals surface area (Å²) in [5.41, 5.74) is 6.52. The van der Waals surface area contributed by atoms with Crippen molar-refractivity contribution in [3.63, 3.8) is 0 Å². The number of hydrogen-bond donors (Lipinski definition) is 2. The third kappa shape index (κ3) is 1.26. The van der Waals surface area contributed by atoms with Gasteiger partial charge in [0.05, 0.1) is 5.69 Å². The molecule has 0 amide bonds. The van der Waals surface area contributed by atoms with E-state index in [1.54, 1.807) is 11.3 Å². The van der Waals surface area contributed by atoms with Crippen molar-refractivity contribution in [3.8, 4) is 0 Å². The van der Waals surface area contributed by atoms with E-state index in [2.05, 4.69) is 4.98 Å². The summed E-state index contributed by atoms with van der Waals surface area (Å²) in [4.78, 5) is 5.69. The lowest BCUT2D eigenvalue weighted by atomic mass is 10.3. The molecule has 0 saturated carbocycles. The number of fused-ring (bicyclic) bond motifs is 1. The Morgan fingerprint density at radius 3 is 3.08 bits per heavy atom. The van der Waals surface area contributed by atoms with E-state index in [1.165, 1.54) is 17.0 Å². The molecule has 0 aliphatic heterocycles. The first kappa shape index (κ1) is 8.16. The van der Waals surface area contributed by atoms with Gasteiger partial charge in [-0.25, -0.2) is 4.98 Å². The topological polar surface area (TPSA) is 59.1 Å². The highest BCUT2D eigenvalue weighted by atomic mass is 32.1. The maximum absolute atomic E-state index is 9.41. The van der Waals surface area contributed by atoms with Gasteiger partial charge in [-0.3, -0.25) is 0 Å². The second kappa shape index (κ2) is 3.12. The molecule has 1 aromatic heterocycles. The van der Waals surface area contributed by atoms with Crippen LogP contribution in [0.3, 0.4) is 0 Å². The molecular weight excluding hydrogens is 172 g/mol. The predicted molar refractivity (Wildman–Crippen MR) is 48.2 cm³/mol. The van der Waals surface area contributed by atoms with E-state index < -0.39 is 6.10 Å². The van der Waals surface area contributed by atoms with Gasteiger partial charge in [0.25, 0.3) is 0 Å². The Balaban J connectivity index is 2.25. The van der Waals surface area contributed by atoms with Gasteiger partial charge >= 0.3 is 0 Å². The van der Waals surface area contributed by atoms with Gasteiger partial charge < -0.3 is 10.8 Å². The lowest BCUT2D eigenvalue weighted by Crippen LogP contribution is -2.11. The summed E-state index contributed by atoms with van der Waals surface area (Å²) < 4.78 is 0. The van der Waals surface area contributed by atoms with E-state index in [-0.39, 0.29) is 6.54 Å². The summed E-state index contributed by atoms with van der Waals surface area (Å²) in [6.07, 6.45) is 2.86. The highest BCUT2D eigenvalue weighted by molar-refractivity contribution is 7.11. The molecule has 0 aromatic carbocycles. The molecule has 1 aliphatic rings. The number of aryl methyl sites for hydroxylation is 2. The van der Waals surface area contributed by atoms with Crippen molar-refractivity contribution in [2.45, 2.75) is 25.4 Å². The highest BCUT2D eigenvalue weighted by Crippen LogP contribution is 2.30. The fourth-order valence-corrected chi connectivity index (χ4v) is 2.61. The zero-order chi connectivity index (χ0) is 8.55. The van der Waals surface area contributed by atoms with Crippen LogP contribution >= 0.6 is 11.3 Å². The molecule has 0 radical (unpaired) electrons. The van der Waals surface area contributed by atoms with E-state index in [1.807, 2.05) is 0 Å². The normalized spacial score (nSPS) is 17.8. The van der Waals surface area contributed by atoms with Gasteiger partial charge in [-0.1, -0.05) is 0 Å². The number of nitrogens with zero attached hydrogens (tertiary/aromatic N) is 1. The summed E-state index contributed by atoms with van der Waals surface area (Å²) >= 11 is 1.61. The SMILES string of the molecule is NCC(O)c1nc2c(s1)CCC2. The lowest BCUT2D eigenvalue weighted by Gasteiger charge is -2.01. The molecule has 0 spiro atoms. The van der Waals surface area contributed by atoms with Crippen LogP contribution in [0.4, 0.5) is 0 Å². The van der Waals surface area contributed by atoms with Crippen molar-refractivity contribution >= 4 is 11.3 Å². The summed E-state index contributed by atoms with van der Waals surface area (Å²) in [7, 11) is 0. The Morgan fingerprint density at radius 1 is 1.58 bits per heavy atom. The monoisotopic (exact) mass is 184 g/mol. The molecule has 0 saturated heterocycles. The van der Waals surface area contributed by atoms with Crippen molar-refractivity contribution in [1.82, 2.24) is 4.98 Å². The quantitative estimate of drug-likeness (QED) is 0.708. The average Bonchev–Trinajstić information content (AvgIpc) is 2.60. The standard InChI is InChI=1S/C8H12N2OS/c9-4-6(11)8-10-5-2-1-3-7(5)12-8/h6,11H,1-4,9H2. The first-order valence-electron chi connectivity index (χ1n) is 4.18. The number of hydrogen-bond acceptors (Lipinski definition) is 4. The molecular formula is C8H12N2OS. The number of nitrogens with two attached hydrogens (primary N) is 1. The fraction of sp³-hybridized carbons (Fsp3) is 0.625. The van der Waals surface area contributed by atoms with Gasteiger partial charge in [-0.2, -0.15) is 0 Å². The number of aliphatic hydroxyl groups is 1. The molecule has 2 rings (SSSR count). The molecule has 1 aromatic rings. The van der Waals surface area contributed by atoms with Crippen LogP contribution in [-0.2, 0) is 12.8 Å². The van der Waals surface area contributed by atoms with Crippen LogP contribution in [0.2, 0.25) is 0 Å². The Morgan fingerprint density at radius 2 is 2.42 bits per heavy atom. The molecule has 1 atom stereocenters. The van der Waals surface area contributed by atoms with Crippen LogP contribution in [0.1, 0.15) is 28.1 Å². The lowest BCUT2D eigenvalue weighted by molar-refractivity contribution is 0.186. The number of rotatable bonds is 2. The third-order valence-electron chi connectivity index (χ3n) is 2.12. The minimum atomic E-state index is -0.555. The second-order valence-electron chi connectivity index (χ2n) is 3.03. The largest absolute Gasteiger partial charge is 0.385 e. The maximum Gasteiger partial charge on any atom is 0.123 e. The Hall–Kier alpha value is -0.450. The van der Waals surface area contributed by atoms with Crippen LogP contribution in [-0.4, -0.2) is 16.6 Å². The van der Waals surface area contributed by atoms with E-state index in [0.717, 1.165) is 17.8 Å². The van der Waals surface area contributed by atoms with Gasteiger partial charge in [0.1, 0.15) is 11.1 Å². The van der Waals surface area contributed by atoms with Gasteiger partial charge in [0.15, 0.2) is 0 Å². The number of aliphatic hydroxyl groups excluding tert-OH is 1. The first-order chi connectivity index (χ1) is 5.81. The Labute approximate surface area is 75.2 Å². The zero-order valence-electron chi connectivity index (χ0n) is 6.79. The van der Waals surface area contributed by atoms with Crippen LogP contribution < -0.4 is 5.73 Å². The van der Waals surface area contributed by atoms with Crippen molar-refractivity contribution in [3.05, 3.63) is 15.6 Å². The van der Waals surface area contributed by atoms with Crippen LogP contribution in [0, 0.1) is 0 Å². The molecule has 1 unspecified atom stereocenters. The summed E-state index contributed by atoms with van der Waals surface area (Å²) in [5, 5.41) is 10.2. The predicted octanol–water partition coefficient (Wildman–Crippen LogP) is 0.624. The van der Waals surface area contributed by atoms with Crippen molar-refractivity contribution in [2.75, 3.05) is 6.54 Å². The number of aromatic nitrogens is 1. The number of thiazole rings is 1. The molecule has 1 aliphatic carbocycles. The van der Waals surface area contributed by atoms with E-state index in [0.29, 0.717) is 0 Å². The second-order valence-corrected chi connectivity index (χ2v) is 4.14. The molecule has 12 heavy (non-hydrogen) atoms. The van der Waals surface area contributed by atoms with Crippen molar-refractivity contribution in [2.24, 2.45) is 5.73 Å².